The van der Waals surface area contributed by atoms with Crippen LogP contribution in [0, 0.1) is 0 Å². The fourth-order valence-corrected chi connectivity index (χ4v) is 3.23. The van der Waals surface area contributed by atoms with Crippen molar-refractivity contribution in [2.75, 3.05) is 16.6 Å². The predicted molar refractivity (Wildman–Crippen MR) is 98.4 cm³/mol. The van der Waals surface area contributed by atoms with E-state index in [0.717, 1.165) is 6.42 Å². The summed E-state index contributed by atoms with van der Waals surface area (Å²) in [7, 11) is -3.70. The van der Waals surface area contributed by atoms with Gasteiger partial charge in [-0.05, 0) is 61.9 Å². The molecule has 0 fully saturated rings. The molecule has 0 heterocycles. The first-order valence-corrected chi connectivity index (χ1v) is 9.58. The van der Waals surface area contributed by atoms with Crippen molar-refractivity contribution in [3.05, 3.63) is 48.5 Å². The minimum atomic E-state index is -3.70. The first-order chi connectivity index (χ1) is 11.9. The molecule has 25 heavy (non-hydrogen) atoms. The Balaban J connectivity index is 2.07. The summed E-state index contributed by atoms with van der Waals surface area (Å²) in [4.78, 5) is 11.7. The third kappa shape index (κ3) is 5.49. The molecule has 1 amide bonds. The Hall–Kier alpha value is -2.54. The molecular weight excluding hydrogens is 340 g/mol. The zero-order valence-electron chi connectivity index (χ0n) is 14.3. The van der Waals surface area contributed by atoms with Crippen molar-refractivity contribution in [3.63, 3.8) is 0 Å². The molecule has 2 rings (SSSR count). The molecule has 0 saturated carbocycles. The van der Waals surface area contributed by atoms with Crippen LogP contribution in [0.25, 0.3) is 0 Å². The van der Waals surface area contributed by atoms with Crippen LogP contribution in [0.3, 0.4) is 0 Å². The zero-order valence-corrected chi connectivity index (χ0v) is 15.1. The quantitative estimate of drug-likeness (QED) is 0.751. The number of hydrogen-bond acceptors (Lipinski definition) is 4. The van der Waals surface area contributed by atoms with Crippen LogP contribution in [0.4, 0.5) is 11.4 Å². The number of benzene rings is 2. The molecule has 0 atom stereocenters. The maximum absolute atomic E-state index is 12.4. The van der Waals surface area contributed by atoms with Crippen LogP contribution in [0.2, 0.25) is 0 Å². The average Bonchev–Trinajstić information content (AvgIpc) is 2.57. The summed E-state index contributed by atoms with van der Waals surface area (Å²) < 4.78 is 32.7. The lowest BCUT2D eigenvalue weighted by atomic mass is 10.3. The van der Waals surface area contributed by atoms with Crippen LogP contribution in [-0.4, -0.2) is 20.9 Å². The molecular formula is C18H22N2O4S. The Bertz CT molecular complexity index is 800. The maximum atomic E-state index is 12.4. The average molecular weight is 362 g/mol. The van der Waals surface area contributed by atoms with E-state index in [0.29, 0.717) is 30.2 Å². The second-order valence-electron chi connectivity index (χ2n) is 5.39. The Labute approximate surface area is 148 Å². The number of carbonyl (C=O) groups excluding carboxylic acids is 1. The Morgan fingerprint density at radius 2 is 1.56 bits per heavy atom. The smallest absolute Gasteiger partial charge is 0.261 e. The summed E-state index contributed by atoms with van der Waals surface area (Å²) in [5.41, 5.74) is 1.02. The SMILES string of the molecule is CCCC(=O)Nc1ccc(S(=O)(=O)Nc2ccc(OCC)cc2)cc1. The predicted octanol–water partition coefficient (Wildman–Crippen LogP) is 3.62. The van der Waals surface area contributed by atoms with Gasteiger partial charge in [0.1, 0.15) is 5.75 Å². The lowest BCUT2D eigenvalue weighted by molar-refractivity contribution is -0.116. The van der Waals surface area contributed by atoms with Crippen molar-refractivity contribution in [1.82, 2.24) is 0 Å². The highest BCUT2D eigenvalue weighted by Crippen LogP contribution is 2.20. The normalized spacial score (nSPS) is 11.0. The van der Waals surface area contributed by atoms with Crippen molar-refractivity contribution in [2.24, 2.45) is 0 Å². The number of nitrogens with one attached hydrogen (secondary N) is 2. The Kier molecular flexibility index (Phi) is 6.41. The molecule has 0 aromatic heterocycles. The summed E-state index contributed by atoms with van der Waals surface area (Å²) in [6.45, 7) is 4.35. The third-order valence-electron chi connectivity index (χ3n) is 3.34. The molecule has 7 heteroatoms. The van der Waals surface area contributed by atoms with Gasteiger partial charge >= 0.3 is 0 Å². The molecule has 6 nitrogen and oxygen atoms in total. The molecule has 2 aromatic carbocycles. The van der Waals surface area contributed by atoms with Crippen molar-refractivity contribution >= 4 is 27.3 Å². The van der Waals surface area contributed by atoms with Crippen molar-refractivity contribution < 1.29 is 17.9 Å². The summed E-state index contributed by atoms with van der Waals surface area (Å²) in [5.74, 6) is 0.586. The minimum Gasteiger partial charge on any atom is -0.494 e. The van der Waals surface area contributed by atoms with Crippen LogP contribution < -0.4 is 14.8 Å². The zero-order chi connectivity index (χ0) is 18.3. The summed E-state index contributed by atoms with van der Waals surface area (Å²) in [6, 6.07) is 12.7. The molecule has 2 aromatic rings. The molecule has 0 radical (unpaired) electrons. The van der Waals surface area contributed by atoms with Gasteiger partial charge < -0.3 is 10.1 Å². The van der Waals surface area contributed by atoms with E-state index in [4.69, 9.17) is 4.74 Å². The van der Waals surface area contributed by atoms with Crippen LogP contribution in [0.1, 0.15) is 26.7 Å². The molecule has 0 spiro atoms. The van der Waals surface area contributed by atoms with Gasteiger partial charge in [0, 0.05) is 17.8 Å². The van der Waals surface area contributed by atoms with E-state index < -0.39 is 10.0 Å². The molecule has 0 aliphatic carbocycles. The highest BCUT2D eigenvalue weighted by atomic mass is 32.2. The van der Waals surface area contributed by atoms with E-state index in [2.05, 4.69) is 10.0 Å². The van der Waals surface area contributed by atoms with Gasteiger partial charge in [-0.15, -0.1) is 0 Å². The van der Waals surface area contributed by atoms with E-state index in [1.54, 1.807) is 36.4 Å². The molecule has 0 bridgehead atoms. The summed E-state index contributed by atoms with van der Waals surface area (Å²) in [5, 5.41) is 2.72. The lowest BCUT2D eigenvalue weighted by Gasteiger charge is -2.10. The first kappa shape index (κ1) is 18.8. The number of carbonyl (C=O) groups is 1. The lowest BCUT2D eigenvalue weighted by Crippen LogP contribution is -2.14. The van der Waals surface area contributed by atoms with Gasteiger partial charge in [0.2, 0.25) is 5.91 Å². The molecule has 0 saturated heterocycles. The van der Waals surface area contributed by atoms with Crippen LogP contribution in [0.5, 0.6) is 5.75 Å². The third-order valence-corrected chi connectivity index (χ3v) is 4.74. The molecule has 2 N–H and O–H groups in total. The second-order valence-corrected chi connectivity index (χ2v) is 7.07. The van der Waals surface area contributed by atoms with Crippen molar-refractivity contribution in [3.8, 4) is 5.75 Å². The highest BCUT2D eigenvalue weighted by molar-refractivity contribution is 7.92. The monoisotopic (exact) mass is 362 g/mol. The van der Waals surface area contributed by atoms with E-state index in [-0.39, 0.29) is 10.8 Å². The van der Waals surface area contributed by atoms with E-state index in [9.17, 15) is 13.2 Å². The van der Waals surface area contributed by atoms with Gasteiger partial charge in [-0.25, -0.2) is 8.42 Å². The first-order valence-electron chi connectivity index (χ1n) is 8.10. The summed E-state index contributed by atoms with van der Waals surface area (Å²) in [6.07, 6.45) is 1.18. The number of anilines is 2. The van der Waals surface area contributed by atoms with Gasteiger partial charge in [-0.1, -0.05) is 6.92 Å². The number of amides is 1. The van der Waals surface area contributed by atoms with Crippen LogP contribution in [0.15, 0.2) is 53.4 Å². The molecule has 0 unspecified atom stereocenters. The number of sulfonamides is 1. The highest BCUT2D eigenvalue weighted by Gasteiger charge is 2.14. The largest absolute Gasteiger partial charge is 0.494 e. The molecule has 0 aliphatic heterocycles. The molecule has 134 valence electrons. The fourth-order valence-electron chi connectivity index (χ4n) is 2.17. The van der Waals surface area contributed by atoms with Gasteiger partial charge in [0.05, 0.1) is 11.5 Å². The van der Waals surface area contributed by atoms with Crippen LogP contribution >= 0.6 is 0 Å². The maximum Gasteiger partial charge on any atom is 0.261 e. The number of rotatable bonds is 8. The number of hydrogen-bond donors (Lipinski definition) is 2. The summed E-state index contributed by atoms with van der Waals surface area (Å²) >= 11 is 0. The van der Waals surface area contributed by atoms with Crippen LogP contribution in [-0.2, 0) is 14.8 Å². The fraction of sp³-hybridized carbons (Fsp3) is 0.278. The van der Waals surface area contributed by atoms with Gasteiger partial charge in [0.25, 0.3) is 10.0 Å². The minimum absolute atomic E-state index is 0.0920. The van der Waals surface area contributed by atoms with Crippen molar-refractivity contribution in [2.45, 2.75) is 31.6 Å². The van der Waals surface area contributed by atoms with E-state index >= 15 is 0 Å². The van der Waals surface area contributed by atoms with Crippen molar-refractivity contribution in [1.29, 1.82) is 0 Å². The van der Waals surface area contributed by atoms with Gasteiger partial charge in [-0.3, -0.25) is 9.52 Å². The standard InChI is InChI=1S/C18H22N2O4S/c1-3-5-18(21)19-14-8-12-17(13-9-14)25(22,23)20-15-6-10-16(11-7-15)24-4-2/h6-13,20H,3-5H2,1-2H3,(H,19,21). The Morgan fingerprint density at radius 3 is 2.12 bits per heavy atom. The van der Waals surface area contributed by atoms with Gasteiger partial charge in [-0.2, -0.15) is 0 Å². The number of ether oxygens (including phenoxy) is 1. The van der Waals surface area contributed by atoms with E-state index in [1.807, 2.05) is 13.8 Å². The van der Waals surface area contributed by atoms with E-state index in [1.165, 1.54) is 12.1 Å². The Morgan fingerprint density at radius 1 is 0.960 bits per heavy atom. The topological polar surface area (TPSA) is 84.5 Å². The molecule has 0 aliphatic rings. The van der Waals surface area contributed by atoms with Gasteiger partial charge in [0.15, 0.2) is 0 Å². The second kappa shape index (κ2) is 8.53.